The summed E-state index contributed by atoms with van der Waals surface area (Å²) < 4.78 is 7.21. The minimum atomic E-state index is 0.243. The van der Waals surface area contributed by atoms with Crippen molar-refractivity contribution in [3.05, 3.63) is 42.5 Å². The van der Waals surface area contributed by atoms with Gasteiger partial charge in [-0.2, -0.15) is 5.10 Å². The Morgan fingerprint density at radius 2 is 2.25 bits per heavy atom. The van der Waals surface area contributed by atoms with Gasteiger partial charge in [0.05, 0.1) is 7.11 Å². The molecule has 6 heteroatoms. The molecule has 0 aliphatic carbocycles. The summed E-state index contributed by atoms with van der Waals surface area (Å²) in [6.45, 7) is 1.60. The second kappa shape index (κ2) is 7.95. The third-order valence-corrected chi connectivity index (χ3v) is 4.59. The number of likely N-dealkylation sites (tertiary alicyclic amines) is 1. The molecular weight excluding hydrogens is 304 g/mol. The molecule has 128 valence electrons. The van der Waals surface area contributed by atoms with E-state index in [1.807, 2.05) is 23.1 Å². The molecule has 1 aliphatic heterocycles. The van der Waals surface area contributed by atoms with Crippen molar-refractivity contribution < 1.29 is 9.53 Å². The number of rotatable bonds is 7. The quantitative estimate of drug-likeness (QED) is 0.782. The number of para-hydroxylation sites is 1. The predicted molar refractivity (Wildman–Crippen MR) is 90.7 cm³/mol. The molecule has 2 heterocycles. The first-order chi connectivity index (χ1) is 11.8. The molecule has 1 unspecified atom stereocenters. The van der Waals surface area contributed by atoms with Crippen LogP contribution in [0.5, 0.6) is 5.75 Å². The highest BCUT2D eigenvalue weighted by Crippen LogP contribution is 2.26. The molecule has 1 aromatic carbocycles. The second-order valence-corrected chi connectivity index (χ2v) is 6.16. The van der Waals surface area contributed by atoms with E-state index in [1.54, 1.807) is 18.1 Å². The number of carbonyl (C=O) groups excluding carboxylic acids is 1. The van der Waals surface area contributed by atoms with Crippen molar-refractivity contribution in [3.8, 4) is 5.75 Å². The van der Waals surface area contributed by atoms with Crippen LogP contribution >= 0.6 is 0 Å². The van der Waals surface area contributed by atoms with Crippen LogP contribution in [0.15, 0.2) is 36.9 Å². The Kier molecular flexibility index (Phi) is 5.46. The van der Waals surface area contributed by atoms with Gasteiger partial charge in [0, 0.05) is 25.6 Å². The number of aryl methyl sites for hydroxylation is 1. The van der Waals surface area contributed by atoms with Crippen LogP contribution in [0.2, 0.25) is 0 Å². The smallest absolute Gasteiger partial charge is 0.222 e. The molecule has 6 nitrogen and oxygen atoms in total. The van der Waals surface area contributed by atoms with Crippen molar-refractivity contribution in [2.45, 2.75) is 44.7 Å². The van der Waals surface area contributed by atoms with Gasteiger partial charge in [-0.25, -0.2) is 4.98 Å². The normalized spacial score (nSPS) is 17.2. The number of aromatic nitrogens is 3. The summed E-state index contributed by atoms with van der Waals surface area (Å²) in [4.78, 5) is 18.5. The fourth-order valence-electron chi connectivity index (χ4n) is 3.39. The minimum absolute atomic E-state index is 0.243. The Hall–Kier alpha value is -2.37. The Labute approximate surface area is 142 Å². The maximum absolute atomic E-state index is 12.6. The summed E-state index contributed by atoms with van der Waals surface area (Å²) >= 11 is 0. The lowest BCUT2D eigenvalue weighted by molar-refractivity contribution is -0.132. The first-order valence-electron chi connectivity index (χ1n) is 8.51. The molecule has 3 rings (SSSR count). The van der Waals surface area contributed by atoms with E-state index < -0.39 is 0 Å². The van der Waals surface area contributed by atoms with Crippen molar-refractivity contribution in [3.63, 3.8) is 0 Å². The zero-order valence-electron chi connectivity index (χ0n) is 14.1. The molecule has 0 spiro atoms. The maximum atomic E-state index is 12.6. The number of nitrogens with zero attached hydrogens (tertiary/aromatic N) is 4. The van der Waals surface area contributed by atoms with Crippen LogP contribution in [-0.2, 0) is 17.8 Å². The molecular formula is C18H24N4O2. The van der Waals surface area contributed by atoms with Crippen LogP contribution in [0, 0.1) is 0 Å². The van der Waals surface area contributed by atoms with Gasteiger partial charge in [-0.15, -0.1) is 0 Å². The lowest BCUT2D eigenvalue weighted by Crippen LogP contribution is -2.36. The van der Waals surface area contributed by atoms with Crippen LogP contribution < -0.4 is 4.74 Å². The fraction of sp³-hybridized carbons (Fsp3) is 0.500. The minimum Gasteiger partial charge on any atom is -0.496 e. The standard InChI is InChI=1S/C18H24N4O2/c1-24-17-8-3-2-6-15(17)12-16-7-4-11-22(16)18(23)9-5-10-21-14-19-13-20-21/h2-3,6,8,13-14,16H,4-5,7,9-12H2,1H3. The fourth-order valence-corrected chi connectivity index (χ4v) is 3.39. The zero-order valence-corrected chi connectivity index (χ0v) is 14.1. The third-order valence-electron chi connectivity index (χ3n) is 4.59. The maximum Gasteiger partial charge on any atom is 0.222 e. The van der Waals surface area contributed by atoms with Crippen LogP contribution in [0.1, 0.15) is 31.2 Å². The van der Waals surface area contributed by atoms with Gasteiger partial charge in [0.1, 0.15) is 18.4 Å². The number of methoxy groups -OCH3 is 1. The topological polar surface area (TPSA) is 60.2 Å². The number of benzene rings is 1. The first kappa shape index (κ1) is 16.5. The molecule has 1 aliphatic rings. The van der Waals surface area contributed by atoms with Crippen LogP contribution in [0.4, 0.5) is 0 Å². The average Bonchev–Trinajstić information content (AvgIpc) is 3.27. The van der Waals surface area contributed by atoms with Gasteiger partial charge in [0.2, 0.25) is 5.91 Å². The van der Waals surface area contributed by atoms with Gasteiger partial charge in [0.15, 0.2) is 0 Å². The Balaban J connectivity index is 1.55. The molecule has 2 aromatic rings. The van der Waals surface area contributed by atoms with E-state index in [0.717, 1.165) is 44.5 Å². The van der Waals surface area contributed by atoms with E-state index in [4.69, 9.17) is 4.74 Å². The zero-order chi connectivity index (χ0) is 16.8. The molecule has 1 aromatic heterocycles. The van der Waals surface area contributed by atoms with Crippen molar-refractivity contribution in [1.82, 2.24) is 19.7 Å². The van der Waals surface area contributed by atoms with Crippen LogP contribution in [0.3, 0.4) is 0 Å². The van der Waals surface area contributed by atoms with E-state index in [0.29, 0.717) is 6.42 Å². The largest absolute Gasteiger partial charge is 0.496 e. The average molecular weight is 328 g/mol. The van der Waals surface area contributed by atoms with Gasteiger partial charge in [-0.3, -0.25) is 9.48 Å². The highest BCUT2D eigenvalue weighted by atomic mass is 16.5. The summed E-state index contributed by atoms with van der Waals surface area (Å²) in [6.07, 6.45) is 7.55. The van der Waals surface area contributed by atoms with Crippen LogP contribution in [-0.4, -0.2) is 45.3 Å². The molecule has 0 saturated carbocycles. The molecule has 1 atom stereocenters. The highest BCUT2D eigenvalue weighted by molar-refractivity contribution is 5.76. The molecule has 1 saturated heterocycles. The van der Waals surface area contributed by atoms with Crippen molar-refractivity contribution in [1.29, 1.82) is 0 Å². The lowest BCUT2D eigenvalue weighted by atomic mass is 10.0. The molecule has 0 bridgehead atoms. The highest BCUT2D eigenvalue weighted by Gasteiger charge is 2.28. The Morgan fingerprint density at radius 3 is 3.04 bits per heavy atom. The number of ether oxygens (including phenoxy) is 1. The van der Waals surface area contributed by atoms with E-state index in [2.05, 4.69) is 16.1 Å². The molecule has 0 N–H and O–H groups in total. The van der Waals surface area contributed by atoms with Gasteiger partial charge < -0.3 is 9.64 Å². The van der Waals surface area contributed by atoms with Crippen molar-refractivity contribution in [2.75, 3.05) is 13.7 Å². The predicted octanol–water partition coefficient (Wildman–Crippen LogP) is 2.30. The van der Waals surface area contributed by atoms with Gasteiger partial charge in [-0.1, -0.05) is 18.2 Å². The van der Waals surface area contributed by atoms with Crippen molar-refractivity contribution >= 4 is 5.91 Å². The number of hydrogen-bond acceptors (Lipinski definition) is 4. The Morgan fingerprint density at radius 1 is 1.38 bits per heavy atom. The number of hydrogen-bond donors (Lipinski definition) is 0. The monoisotopic (exact) mass is 328 g/mol. The SMILES string of the molecule is COc1ccccc1CC1CCCN1C(=O)CCCn1cncn1. The van der Waals surface area contributed by atoms with Gasteiger partial charge in [-0.05, 0) is 37.3 Å². The van der Waals surface area contributed by atoms with E-state index in [9.17, 15) is 4.79 Å². The lowest BCUT2D eigenvalue weighted by Gasteiger charge is -2.25. The molecule has 1 amide bonds. The summed E-state index contributed by atoms with van der Waals surface area (Å²) in [5.41, 5.74) is 1.17. The van der Waals surface area contributed by atoms with Crippen molar-refractivity contribution in [2.24, 2.45) is 0 Å². The first-order valence-corrected chi connectivity index (χ1v) is 8.51. The molecule has 0 radical (unpaired) electrons. The summed E-state index contributed by atoms with van der Waals surface area (Å²) in [5.74, 6) is 1.15. The van der Waals surface area contributed by atoms with E-state index in [-0.39, 0.29) is 11.9 Å². The second-order valence-electron chi connectivity index (χ2n) is 6.16. The Bertz CT molecular complexity index is 657. The van der Waals surface area contributed by atoms with Crippen LogP contribution in [0.25, 0.3) is 0 Å². The summed E-state index contributed by atoms with van der Waals surface area (Å²) in [6, 6.07) is 8.35. The van der Waals surface area contributed by atoms with Gasteiger partial charge >= 0.3 is 0 Å². The van der Waals surface area contributed by atoms with Gasteiger partial charge in [0.25, 0.3) is 0 Å². The summed E-state index contributed by atoms with van der Waals surface area (Å²) in [5, 5.41) is 4.07. The molecule has 1 fully saturated rings. The number of carbonyl (C=O) groups is 1. The summed E-state index contributed by atoms with van der Waals surface area (Å²) in [7, 11) is 1.69. The number of amides is 1. The van der Waals surface area contributed by atoms with E-state index in [1.165, 1.54) is 11.9 Å². The van der Waals surface area contributed by atoms with E-state index >= 15 is 0 Å². The molecule has 24 heavy (non-hydrogen) atoms. The third kappa shape index (κ3) is 3.93.